The standard InChI is InChI=1S/C16H24N2O2/c1-12-9-13(2)11-14(10-12)20-8-7-18(3)16(19)15-5-4-6-17-15/h9-11,15,17H,4-8H2,1-3H3. The SMILES string of the molecule is Cc1cc(C)cc(OCCN(C)C(=O)C2CCCN2)c1. The topological polar surface area (TPSA) is 41.6 Å². The summed E-state index contributed by atoms with van der Waals surface area (Å²) in [6.45, 7) is 6.20. The van der Waals surface area contributed by atoms with Gasteiger partial charge in [0.2, 0.25) is 5.91 Å². The second kappa shape index (κ2) is 6.75. The van der Waals surface area contributed by atoms with Crippen molar-refractivity contribution in [1.29, 1.82) is 0 Å². The molecule has 0 aromatic heterocycles. The highest BCUT2D eigenvalue weighted by Gasteiger charge is 2.24. The van der Waals surface area contributed by atoms with Gasteiger partial charge in [-0.05, 0) is 56.5 Å². The normalized spacial score (nSPS) is 18.1. The smallest absolute Gasteiger partial charge is 0.239 e. The first-order valence-corrected chi connectivity index (χ1v) is 7.26. The number of nitrogens with zero attached hydrogens (tertiary/aromatic N) is 1. The highest BCUT2D eigenvalue weighted by molar-refractivity contribution is 5.81. The minimum atomic E-state index is 0.00112. The number of nitrogens with one attached hydrogen (secondary N) is 1. The van der Waals surface area contributed by atoms with Crippen LogP contribution in [0.4, 0.5) is 0 Å². The molecule has 0 spiro atoms. The van der Waals surface area contributed by atoms with Crippen LogP contribution in [0.15, 0.2) is 18.2 Å². The number of likely N-dealkylation sites (N-methyl/N-ethyl adjacent to an activating group) is 1. The van der Waals surface area contributed by atoms with Crippen LogP contribution in [0, 0.1) is 13.8 Å². The maximum Gasteiger partial charge on any atom is 0.239 e. The fraction of sp³-hybridized carbons (Fsp3) is 0.562. The van der Waals surface area contributed by atoms with Crippen molar-refractivity contribution in [3.05, 3.63) is 29.3 Å². The van der Waals surface area contributed by atoms with E-state index in [-0.39, 0.29) is 11.9 Å². The molecule has 2 rings (SSSR count). The van der Waals surface area contributed by atoms with Gasteiger partial charge in [0, 0.05) is 7.05 Å². The molecule has 1 fully saturated rings. The van der Waals surface area contributed by atoms with Gasteiger partial charge >= 0.3 is 0 Å². The number of hydrogen-bond donors (Lipinski definition) is 1. The summed E-state index contributed by atoms with van der Waals surface area (Å²) in [5.41, 5.74) is 2.39. The Labute approximate surface area is 121 Å². The number of carbonyl (C=O) groups excluding carboxylic acids is 1. The molecule has 110 valence electrons. The molecule has 1 aromatic rings. The predicted octanol–water partition coefficient (Wildman–Crippen LogP) is 1.89. The molecule has 1 atom stereocenters. The van der Waals surface area contributed by atoms with Crippen LogP contribution in [-0.4, -0.2) is 43.6 Å². The summed E-state index contributed by atoms with van der Waals surface area (Å²) < 4.78 is 5.74. The first kappa shape index (κ1) is 14.9. The molecule has 0 saturated carbocycles. The first-order valence-electron chi connectivity index (χ1n) is 7.26. The van der Waals surface area contributed by atoms with Crippen LogP contribution < -0.4 is 10.1 Å². The van der Waals surface area contributed by atoms with Gasteiger partial charge < -0.3 is 15.0 Å². The van der Waals surface area contributed by atoms with Crippen LogP contribution in [0.5, 0.6) is 5.75 Å². The second-order valence-electron chi connectivity index (χ2n) is 5.58. The summed E-state index contributed by atoms with van der Waals surface area (Å²) in [5.74, 6) is 1.05. The van der Waals surface area contributed by atoms with Gasteiger partial charge in [0.1, 0.15) is 12.4 Å². The van der Waals surface area contributed by atoms with Crippen molar-refractivity contribution in [3.8, 4) is 5.75 Å². The molecule has 4 heteroatoms. The second-order valence-corrected chi connectivity index (χ2v) is 5.58. The van der Waals surface area contributed by atoms with Crippen LogP contribution in [0.1, 0.15) is 24.0 Å². The number of aryl methyl sites for hydroxylation is 2. The number of carbonyl (C=O) groups is 1. The zero-order valence-electron chi connectivity index (χ0n) is 12.6. The van der Waals surface area contributed by atoms with Gasteiger partial charge in [-0.1, -0.05) is 6.07 Å². The van der Waals surface area contributed by atoms with Gasteiger partial charge in [0.25, 0.3) is 0 Å². The van der Waals surface area contributed by atoms with Gasteiger partial charge in [0.15, 0.2) is 0 Å². The third kappa shape index (κ3) is 3.97. The van der Waals surface area contributed by atoms with E-state index in [9.17, 15) is 4.79 Å². The minimum Gasteiger partial charge on any atom is -0.492 e. The van der Waals surface area contributed by atoms with Gasteiger partial charge in [-0.25, -0.2) is 0 Å². The Bertz CT molecular complexity index is 447. The summed E-state index contributed by atoms with van der Waals surface area (Å²) in [7, 11) is 1.84. The highest BCUT2D eigenvalue weighted by Crippen LogP contribution is 2.16. The summed E-state index contributed by atoms with van der Waals surface area (Å²) in [5, 5.41) is 3.23. The molecular formula is C16H24N2O2. The lowest BCUT2D eigenvalue weighted by molar-refractivity contribution is -0.132. The van der Waals surface area contributed by atoms with Crippen LogP contribution in [-0.2, 0) is 4.79 Å². The van der Waals surface area contributed by atoms with Crippen molar-refractivity contribution in [2.45, 2.75) is 32.7 Å². The Morgan fingerprint density at radius 1 is 1.35 bits per heavy atom. The van der Waals surface area contributed by atoms with Crippen molar-refractivity contribution in [1.82, 2.24) is 10.2 Å². The number of ether oxygens (including phenoxy) is 1. The molecule has 1 aliphatic rings. The first-order chi connectivity index (χ1) is 9.56. The molecule has 1 aromatic carbocycles. The molecule has 1 aliphatic heterocycles. The molecule has 4 nitrogen and oxygen atoms in total. The van der Waals surface area contributed by atoms with E-state index < -0.39 is 0 Å². The van der Waals surface area contributed by atoms with Crippen LogP contribution in [0.3, 0.4) is 0 Å². The lowest BCUT2D eigenvalue weighted by Crippen LogP contribution is -2.43. The molecular weight excluding hydrogens is 252 g/mol. The number of benzene rings is 1. The van der Waals surface area contributed by atoms with E-state index in [1.807, 2.05) is 19.2 Å². The Kier molecular flexibility index (Phi) is 5.01. The third-order valence-electron chi connectivity index (χ3n) is 3.63. The van der Waals surface area contributed by atoms with E-state index in [2.05, 4.69) is 25.2 Å². The molecule has 1 saturated heterocycles. The van der Waals surface area contributed by atoms with E-state index in [1.54, 1.807) is 4.90 Å². The van der Waals surface area contributed by atoms with E-state index >= 15 is 0 Å². The van der Waals surface area contributed by atoms with Crippen molar-refractivity contribution in [2.24, 2.45) is 0 Å². The summed E-state index contributed by atoms with van der Waals surface area (Å²) in [6, 6.07) is 6.16. The minimum absolute atomic E-state index is 0.00112. The quantitative estimate of drug-likeness (QED) is 0.893. The van der Waals surface area contributed by atoms with E-state index in [4.69, 9.17) is 4.74 Å². The summed E-state index contributed by atoms with van der Waals surface area (Å²) >= 11 is 0. The van der Waals surface area contributed by atoms with E-state index in [0.717, 1.165) is 25.1 Å². The fourth-order valence-corrected chi connectivity index (χ4v) is 2.59. The van der Waals surface area contributed by atoms with E-state index in [0.29, 0.717) is 13.2 Å². The van der Waals surface area contributed by atoms with Crippen molar-refractivity contribution >= 4 is 5.91 Å². The number of rotatable bonds is 5. The van der Waals surface area contributed by atoms with Gasteiger partial charge in [0.05, 0.1) is 12.6 Å². The van der Waals surface area contributed by atoms with Crippen LogP contribution in [0.25, 0.3) is 0 Å². The largest absolute Gasteiger partial charge is 0.492 e. The zero-order chi connectivity index (χ0) is 14.5. The molecule has 0 radical (unpaired) electrons. The monoisotopic (exact) mass is 276 g/mol. The van der Waals surface area contributed by atoms with Crippen molar-refractivity contribution in [3.63, 3.8) is 0 Å². The fourth-order valence-electron chi connectivity index (χ4n) is 2.59. The molecule has 20 heavy (non-hydrogen) atoms. The predicted molar refractivity (Wildman–Crippen MR) is 80.1 cm³/mol. The van der Waals surface area contributed by atoms with E-state index in [1.165, 1.54) is 11.1 Å². The number of hydrogen-bond acceptors (Lipinski definition) is 3. The Morgan fingerprint density at radius 3 is 2.65 bits per heavy atom. The highest BCUT2D eigenvalue weighted by atomic mass is 16.5. The third-order valence-corrected chi connectivity index (χ3v) is 3.63. The van der Waals surface area contributed by atoms with Gasteiger partial charge in [-0.15, -0.1) is 0 Å². The molecule has 0 aliphatic carbocycles. The summed E-state index contributed by atoms with van der Waals surface area (Å²) in [6.07, 6.45) is 2.03. The molecule has 1 unspecified atom stereocenters. The average molecular weight is 276 g/mol. The number of amides is 1. The van der Waals surface area contributed by atoms with Crippen molar-refractivity contribution < 1.29 is 9.53 Å². The maximum absolute atomic E-state index is 12.1. The van der Waals surface area contributed by atoms with Crippen molar-refractivity contribution in [2.75, 3.05) is 26.7 Å². The lowest BCUT2D eigenvalue weighted by Gasteiger charge is -2.21. The molecule has 0 bridgehead atoms. The van der Waals surface area contributed by atoms with Gasteiger partial charge in [-0.3, -0.25) is 4.79 Å². The summed E-state index contributed by atoms with van der Waals surface area (Å²) in [4.78, 5) is 13.9. The van der Waals surface area contributed by atoms with Gasteiger partial charge in [-0.2, -0.15) is 0 Å². The van der Waals surface area contributed by atoms with Crippen LogP contribution in [0.2, 0.25) is 0 Å². The lowest BCUT2D eigenvalue weighted by atomic mass is 10.1. The molecule has 1 N–H and O–H groups in total. The Morgan fingerprint density at radius 2 is 2.05 bits per heavy atom. The average Bonchev–Trinajstić information content (AvgIpc) is 2.90. The zero-order valence-corrected chi connectivity index (χ0v) is 12.6. The van der Waals surface area contributed by atoms with Crippen LogP contribution >= 0.6 is 0 Å². The molecule has 1 heterocycles. The molecule has 1 amide bonds. The maximum atomic E-state index is 12.1. The Balaban J connectivity index is 1.78. The Hall–Kier alpha value is -1.55.